The van der Waals surface area contributed by atoms with Gasteiger partial charge in [-0.05, 0) is 26.0 Å². The molecule has 0 aliphatic heterocycles. The highest BCUT2D eigenvalue weighted by Gasteiger charge is 2.20. The third-order valence-electron chi connectivity index (χ3n) is 2.62. The maximum absolute atomic E-state index is 12.0. The largest absolute Gasteiger partial charge is 0.389 e. The van der Waals surface area contributed by atoms with Crippen molar-refractivity contribution in [1.29, 1.82) is 0 Å². The number of anilines is 1. The van der Waals surface area contributed by atoms with E-state index in [0.29, 0.717) is 13.1 Å². The van der Waals surface area contributed by atoms with Crippen LogP contribution in [0.4, 0.5) is 5.69 Å². The van der Waals surface area contributed by atoms with Crippen LogP contribution in [-0.4, -0.2) is 48.7 Å². The highest BCUT2D eigenvalue weighted by molar-refractivity contribution is 5.81. The van der Waals surface area contributed by atoms with Gasteiger partial charge in [0.05, 0.1) is 12.1 Å². The predicted molar refractivity (Wildman–Crippen MR) is 73.6 cm³/mol. The summed E-state index contributed by atoms with van der Waals surface area (Å²) < 4.78 is 0. The number of aliphatic hydroxyl groups is 1. The zero-order valence-electron chi connectivity index (χ0n) is 11.6. The van der Waals surface area contributed by atoms with Gasteiger partial charge in [0.1, 0.15) is 0 Å². The Labute approximate surface area is 109 Å². The summed E-state index contributed by atoms with van der Waals surface area (Å²) in [6, 6.07) is 9.75. The topological polar surface area (TPSA) is 43.8 Å². The number of hydrogen-bond donors (Lipinski definition) is 1. The number of para-hydroxylation sites is 1. The van der Waals surface area contributed by atoms with Crippen molar-refractivity contribution in [3.63, 3.8) is 0 Å². The fourth-order valence-corrected chi connectivity index (χ4v) is 1.77. The maximum atomic E-state index is 12.0. The molecular formula is C14H22N2O2. The molecule has 0 saturated heterocycles. The Morgan fingerprint density at radius 3 is 2.28 bits per heavy atom. The van der Waals surface area contributed by atoms with Gasteiger partial charge >= 0.3 is 0 Å². The molecule has 1 aromatic carbocycles. The van der Waals surface area contributed by atoms with Crippen LogP contribution in [0.15, 0.2) is 30.3 Å². The molecule has 1 rings (SSSR count). The average molecular weight is 250 g/mol. The van der Waals surface area contributed by atoms with Crippen LogP contribution in [0, 0.1) is 0 Å². The van der Waals surface area contributed by atoms with E-state index < -0.39 is 5.60 Å². The van der Waals surface area contributed by atoms with Crippen LogP contribution < -0.4 is 4.90 Å². The lowest BCUT2D eigenvalue weighted by molar-refractivity contribution is -0.131. The Morgan fingerprint density at radius 1 is 1.22 bits per heavy atom. The minimum absolute atomic E-state index is 0.0107. The molecule has 0 aliphatic carbocycles. The lowest BCUT2D eigenvalue weighted by Crippen LogP contribution is -2.43. The van der Waals surface area contributed by atoms with E-state index in [1.54, 1.807) is 25.8 Å². The summed E-state index contributed by atoms with van der Waals surface area (Å²) in [7, 11) is 3.59. The highest BCUT2D eigenvalue weighted by atomic mass is 16.3. The Morgan fingerprint density at radius 2 is 1.78 bits per heavy atom. The van der Waals surface area contributed by atoms with Gasteiger partial charge in [-0.1, -0.05) is 18.2 Å². The van der Waals surface area contributed by atoms with Crippen LogP contribution in [0.2, 0.25) is 0 Å². The number of likely N-dealkylation sites (N-methyl/N-ethyl adjacent to an activating group) is 2. The normalized spacial score (nSPS) is 11.2. The van der Waals surface area contributed by atoms with Gasteiger partial charge in [0, 0.05) is 26.3 Å². The molecule has 0 aromatic heterocycles. The molecule has 0 heterocycles. The lowest BCUT2D eigenvalue weighted by atomic mass is 10.1. The third-order valence-corrected chi connectivity index (χ3v) is 2.62. The van der Waals surface area contributed by atoms with Crippen molar-refractivity contribution in [3.05, 3.63) is 30.3 Å². The third kappa shape index (κ3) is 4.75. The molecule has 1 amide bonds. The minimum Gasteiger partial charge on any atom is -0.389 e. The molecule has 1 aromatic rings. The number of benzene rings is 1. The number of hydrogen-bond acceptors (Lipinski definition) is 3. The molecule has 0 spiro atoms. The van der Waals surface area contributed by atoms with Crippen molar-refractivity contribution in [2.24, 2.45) is 0 Å². The number of carbonyl (C=O) groups is 1. The molecule has 0 saturated carbocycles. The number of nitrogens with zero attached hydrogens (tertiary/aromatic N) is 2. The second-order valence-electron chi connectivity index (χ2n) is 5.25. The number of rotatable bonds is 5. The van der Waals surface area contributed by atoms with Gasteiger partial charge in [0.2, 0.25) is 5.91 Å². The Kier molecular flexibility index (Phi) is 4.73. The molecule has 1 N–H and O–H groups in total. The molecule has 4 heteroatoms. The molecule has 0 unspecified atom stereocenters. The van der Waals surface area contributed by atoms with Crippen LogP contribution in [-0.2, 0) is 4.79 Å². The fourth-order valence-electron chi connectivity index (χ4n) is 1.77. The Bertz CT molecular complexity index is 385. The second kappa shape index (κ2) is 5.87. The zero-order valence-corrected chi connectivity index (χ0v) is 11.6. The number of carbonyl (C=O) groups excluding carboxylic acids is 1. The average Bonchev–Trinajstić information content (AvgIpc) is 2.27. The zero-order chi connectivity index (χ0) is 13.8. The van der Waals surface area contributed by atoms with Gasteiger partial charge in [0.25, 0.3) is 0 Å². The van der Waals surface area contributed by atoms with Crippen molar-refractivity contribution in [2.75, 3.05) is 32.1 Å². The summed E-state index contributed by atoms with van der Waals surface area (Å²) in [6.07, 6.45) is 0. The summed E-state index contributed by atoms with van der Waals surface area (Å²) in [5, 5.41) is 9.68. The predicted octanol–water partition coefficient (Wildman–Crippen LogP) is 1.35. The highest BCUT2D eigenvalue weighted by Crippen LogP contribution is 2.11. The van der Waals surface area contributed by atoms with Crippen LogP contribution in [0.5, 0.6) is 0 Å². The first-order chi connectivity index (χ1) is 8.29. The van der Waals surface area contributed by atoms with E-state index in [9.17, 15) is 9.90 Å². The van der Waals surface area contributed by atoms with E-state index >= 15 is 0 Å². The molecular weight excluding hydrogens is 228 g/mol. The van der Waals surface area contributed by atoms with Crippen molar-refractivity contribution >= 4 is 11.6 Å². The minimum atomic E-state index is -0.865. The van der Waals surface area contributed by atoms with Crippen LogP contribution in [0.3, 0.4) is 0 Å². The van der Waals surface area contributed by atoms with E-state index in [4.69, 9.17) is 0 Å². The standard InChI is InChI=1S/C14H22N2O2/c1-14(2,18)11-16(4)13(17)10-15(3)12-8-6-5-7-9-12/h5-9,18H,10-11H2,1-4H3. The van der Waals surface area contributed by atoms with Gasteiger partial charge in [-0.3, -0.25) is 4.79 Å². The van der Waals surface area contributed by atoms with Crippen LogP contribution >= 0.6 is 0 Å². The molecule has 4 nitrogen and oxygen atoms in total. The smallest absolute Gasteiger partial charge is 0.241 e. The van der Waals surface area contributed by atoms with Gasteiger partial charge < -0.3 is 14.9 Å². The van der Waals surface area contributed by atoms with E-state index in [1.807, 2.05) is 42.3 Å². The molecule has 0 atom stereocenters. The molecule has 0 bridgehead atoms. The summed E-state index contributed by atoms with van der Waals surface area (Å²) in [4.78, 5) is 15.4. The summed E-state index contributed by atoms with van der Waals surface area (Å²) in [5.41, 5.74) is 0.137. The SMILES string of the molecule is CN(CC(C)(C)O)C(=O)CN(C)c1ccccc1. The van der Waals surface area contributed by atoms with E-state index in [-0.39, 0.29) is 5.91 Å². The first kappa shape index (κ1) is 14.5. The van der Waals surface area contributed by atoms with E-state index in [2.05, 4.69) is 0 Å². The van der Waals surface area contributed by atoms with Crippen LogP contribution in [0.25, 0.3) is 0 Å². The second-order valence-corrected chi connectivity index (χ2v) is 5.25. The molecule has 0 aliphatic rings. The molecule has 18 heavy (non-hydrogen) atoms. The van der Waals surface area contributed by atoms with Crippen molar-refractivity contribution in [1.82, 2.24) is 4.90 Å². The summed E-state index contributed by atoms with van der Waals surface area (Å²) in [5.74, 6) is -0.0107. The lowest BCUT2D eigenvalue weighted by Gasteiger charge is -2.28. The Balaban J connectivity index is 2.55. The Hall–Kier alpha value is -1.55. The van der Waals surface area contributed by atoms with Gasteiger partial charge in [-0.15, -0.1) is 0 Å². The van der Waals surface area contributed by atoms with Crippen molar-refractivity contribution < 1.29 is 9.90 Å². The van der Waals surface area contributed by atoms with Crippen molar-refractivity contribution in [2.45, 2.75) is 19.4 Å². The fraction of sp³-hybridized carbons (Fsp3) is 0.500. The van der Waals surface area contributed by atoms with Crippen LogP contribution in [0.1, 0.15) is 13.8 Å². The van der Waals surface area contributed by atoms with Gasteiger partial charge in [-0.25, -0.2) is 0 Å². The summed E-state index contributed by atoms with van der Waals surface area (Å²) >= 11 is 0. The molecule has 0 fully saturated rings. The van der Waals surface area contributed by atoms with E-state index in [1.165, 1.54) is 0 Å². The quantitative estimate of drug-likeness (QED) is 0.858. The monoisotopic (exact) mass is 250 g/mol. The first-order valence-electron chi connectivity index (χ1n) is 6.02. The number of amides is 1. The van der Waals surface area contributed by atoms with Gasteiger partial charge in [-0.2, -0.15) is 0 Å². The molecule has 100 valence electrons. The van der Waals surface area contributed by atoms with Gasteiger partial charge in [0.15, 0.2) is 0 Å². The maximum Gasteiger partial charge on any atom is 0.241 e. The van der Waals surface area contributed by atoms with E-state index in [0.717, 1.165) is 5.69 Å². The van der Waals surface area contributed by atoms with Crippen molar-refractivity contribution in [3.8, 4) is 0 Å². The first-order valence-corrected chi connectivity index (χ1v) is 6.02. The molecule has 0 radical (unpaired) electrons. The summed E-state index contributed by atoms with van der Waals surface area (Å²) in [6.45, 7) is 4.01.